The molecule has 0 radical (unpaired) electrons. The summed E-state index contributed by atoms with van der Waals surface area (Å²) in [6.07, 6.45) is 3.46. The van der Waals surface area contributed by atoms with Gasteiger partial charge < -0.3 is 0 Å². The summed E-state index contributed by atoms with van der Waals surface area (Å²) in [6, 6.07) is 9.42. The summed E-state index contributed by atoms with van der Waals surface area (Å²) in [6.45, 7) is 0. The fourth-order valence-corrected chi connectivity index (χ4v) is 1.36. The maximum absolute atomic E-state index is 4.34. The highest BCUT2D eigenvalue weighted by molar-refractivity contribution is 5.73. The van der Waals surface area contributed by atoms with Crippen LogP contribution in [0.2, 0.25) is 0 Å². The van der Waals surface area contributed by atoms with E-state index in [1.807, 2.05) is 30.3 Å². The Morgan fingerprint density at radius 3 is 2.60 bits per heavy atom. The van der Waals surface area contributed by atoms with Crippen LogP contribution < -0.4 is 0 Å². The summed E-state index contributed by atoms with van der Waals surface area (Å²) in [5, 5.41) is 12.1. The van der Waals surface area contributed by atoms with Gasteiger partial charge in [0.1, 0.15) is 5.52 Å². The Hall–Kier alpha value is -2.30. The number of benzene rings is 1. The molecule has 0 aliphatic rings. The molecule has 1 aromatic carbocycles. The topological polar surface area (TPSA) is 56.5 Å². The SMILES string of the molecule is c1ccc2nc(-n3cccn3)nnc2c1. The molecule has 0 aliphatic carbocycles. The van der Waals surface area contributed by atoms with Crippen LogP contribution in [0.5, 0.6) is 0 Å². The van der Waals surface area contributed by atoms with Crippen LogP contribution in [0.25, 0.3) is 17.0 Å². The largest absolute Gasteiger partial charge is 0.270 e. The monoisotopic (exact) mass is 197 g/mol. The van der Waals surface area contributed by atoms with Gasteiger partial charge in [-0.1, -0.05) is 12.1 Å². The number of nitrogens with zero attached hydrogens (tertiary/aromatic N) is 5. The van der Waals surface area contributed by atoms with Crippen molar-refractivity contribution < 1.29 is 0 Å². The first-order valence-electron chi connectivity index (χ1n) is 4.53. The normalized spacial score (nSPS) is 10.7. The summed E-state index contributed by atoms with van der Waals surface area (Å²) in [5.41, 5.74) is 1.60. The summed E-state index contributed by atoms with van der Waals surface area (Å²) in [4.78, 5) is 4.34. The molecule has 0 amide bonds. The van der Waals surface area contributed by atoms with Crippen molar-refractivity contribution >= 4 is 11.0 Å². The van der Waals surface area contributed by atoms with Crippen molar-refractivity contribution in [1.29, 1.82) is 0 Å². The van der Waals surface area contributed by atoms with E-state index in [1.54, 1.807) is 17.1 Å². The van der Waals surface area contributed by atoms with E-state index < -0.39 is 0 Å². The molecule has 0 bridgehead atoms. The lowest BCUT2D eigenvalue weighted by Gasteiger charge is -1.99. The Labute approximate surface area is 85.4 Å². The van der Waals surface area contributed by atoms with E-state index in [4.69, 9.17) is 0 Å². The van der Waals surface area contributed by atoms with Crippen LogP contribution in [0.4, 0.5) is 0 Å². The van der Waals surface area contributed by atoms with E-state index in [9.17, 15) is 0 Å². The van der Waals surface area contributed by atoms with E-state index in [0.717, 1.165) is 11.0 Å². The van der Waals surface area contributed by atoms with Crippen molar-refractivity contribution in [2.45, 2.75) is 0 Å². The van der Waals surface area contributed by atoms with Crippen molar-refractivity contribution in [3.05, 3.63) is 42.7 Å². The summed E-state index contributed by atoms with van der Waals surface area (Å²) >= 11 is 0. The van der Waals surface area contributed by atoms with Gasteiger partial charge in [0.2, 0.25) is 0 Å². The second-order valence-electron chi connectivity index (χ2n) is 3.05. The second kappa shape index (κ2) is 3.13. The van der Waals surface area contributed by atoms with Crippen molar-refractivity contribution in [3.8, 4) is 5.95 Å². The average Bonchev–Trinajstić information content (AvgIpc) is 2.82. The molecule has 0 atom stereocenters. The van der Waals surface area contributed by atoms with Gasteiger partial charge >= 0.3 is 0 Å². The van der Waals surface area contributed by atoms with Gasteiger partial charge in [-0.15, -0.1) is 10.2 Å². The van der Waals surface area contributed by atoms with Gasteiger partial charge in [0.05, 0.1) is 5.52 Å². The molecule has 2 aromatic heterocycles. The Morgan fingerprint density at radius 2 is 1.80 bits per heavy atom. The summed E-state index contributed by atoms with van der Waals surface area (Å²) in [5.74, 6) is 0.485. The number of rotatable bonds is 1. The summed E-state index contributed by atoms with van der Waals surface area (Å²) in [7, 11) is 0. The highest BCUT2D eigenvalue weighted by Crippen LogP contribution is 2.07. The molecular weight excluding hydrogens is 190 g/mol. The molecule has 0 fully saturated rings. The van der Waals surface area contributed by atoms with E-state index in [1.165, 1.54) is 0 Å². The van der Waals surface area contributed by atoms with Crippen LogP contribution in [0.3, 0.4) is 0 Å². The number of hydrogen-bond acceptors (Lipinski definition) is 4. The van der Waals surface area contributed by atoms with Gasteiger partial charge in [-0.25, -0.2) is 9.67 Å². The van der Waals surface area contributed by atoms with Crippen LogP contribution in [-0.2, 0) is 0 Å². The molecule has 5 nitrogen and oxygen atoms in total. The molecular formula is C10H7N5. The first-order valence-corrected chi connectivity index (χ1v) is 4.53. The minimum atomic E-state index is 0.485. The third-order valence-corrected chi connectivity index (χ3v) is 2.06. The second-order valence-corrected chi connectivity index (χ2v) is 3.05. The fourth-order valence-electron chi connectivity index (χ4n) is 1.36. The van der Waals surface area contributed by atoms with Gasteiger partial charge in [0, 0.05) is 12.4 Å². The Bertz CT molecular complexity index is 588. The maximum atomic E-state index is 4.34. The summed E-state index contributed by atoms with van der Waals surface area (Å²) < 4.78 is 1.58. The predicted octanol–water partition coefficient (Wildman–Crippen LogP) is 1.21. The standard InChI is InChI=1S/C10H7N5/c1-2-5-9-8(4-1)12-10(14-13-9)15-7-3-6-11-15/h1-7H. The molecule has 15 heavy (non-hydrogen) atoms. The first-order chi connectivity index (χ1) is 7.43. The smallest absolute Gasteiger partial charge is 0.208 e. The lowest BCUT2D eigenvalue weighted by molar-refractivity contribution is 0.787. The molecule has 0 aliphatic heterocycles. The molecule has 0 N–H and O–H groups in total. The van der Waals surface area contributed by atoms with E-state index >= 15 is 0 Å². The Balaban J connectivity index is 2.22. The lowest BCUT2D eigenvalue weighted by Crippen LogP contribution is -2.03. The van der Waals surface area contributed by atoms with Crippen LogP contribution in [0.15, 0.2) is 42.7 Å². The number of hydrogen-bond donors (Lipinski definition) is 0. The molecule has 0 unspecified atom stereocenters. The van der Waals surface area contributed by atoms with Crippen LogP contribution in [0.1, 0.15) is 0 Å². The van der Waals surface area contributed by atoms with E-state index in [0.29, 0.717) is 5.95 Å². The van der Waals surface area contributed by atoms with E-state index in [-0.39, 0.29) is 0 Å². The highest BCUT2D eigenvalue weighted by atomic mass is 15.4. The number of aromatic nitrogens is 5. The first kappa shape index (κ1) is 8.05. The van der Waals surface area contributed by atoms with Gasteiger partial charge in [-0.3, -0.25) is 0 Å². The highest BCUT2D eigenvalue weighted by Gasteiger charge is 2.02. The Kier molecular flexibility index (Phi) is 1.68. The zero-order valence-electron chi connectivity index (χ0n) is 7.78. The molecule has 5 heteroatoms. The van der Waals surface area contributed by atoms with Gasteiger partial charge in [0.15, 0.2) is 0 Å². The zero-order chi connectivity index (χ0) is 10.1. The molecule has 72 valence electrons. The van der Waals surface area contributed by atoms with Crippen molar-refractivity contribution in [2.75, 3.05) is 0 Å². The van der Waals surface area contributed by atoms with Crippen molar-refractivity contribution in [2.24, 2.45) is 0 Å². The minimum absolute atomic E-state index is 0.485. The molecule has 0 spiro atoms. The zero-order valence-corrected chi connectivity index (χ0v) is 7.78. The van der Waals surface area contributed by atoms with Crippen molar-refractivity contribution in [3.63, 3.8) is 0 Å². The quantitative estimate of drug-likeness (QED) is 0.588. The molecule has 0 saturated carbocycles. The fraction of sp³-hybridized carbons (Fsp3) is 0. The molecule has 3 aromatic rings. The van der Waals surface area contributed by atoms with Crippen LogP contribution in [0, 0.1) is 0 Å². The minimum Gasteiger partial charge on any atom is -0.208 e. The lowest BCUT2D eigenvalue weighted by atomic mass is 10.3. The van der Waals surface area contributed by atoms with Gasteiger partial charge in [0.25, 0.3) is 5.95 Å². The third-order valence-electron chi connectivity index (χ3n) is 2.06. The Morgan fingerprint density at radius 1 is 0.933 bits per heavy atom. The molecule has 2 heterocycles. The predicted molar refractivity (Wildman–Crippen MR) is 54.5 cm³/mol. The average molecular weight is 197 g/mol. The van der Waals surface area contributed by atoms with Crippen LogP contribution in [-0.4, -0.2) is 25.0 Å². The third kappa shape index (κ3) is 1.34. The molecule has 0 saturated heterocycles. The van der Waals surface area contributed by atoms with Gasteiger partial charge in [-0.2, -0.15) is 5.10 Å². The number of fused-ring (bicyclic) bond motifs is 1. The van der Waals surface area contributed by atoms with Gasteiger partial charge in [-0.05, 0) is 18.2 Å². The molecule has 3 rings (SSSR count). The maximum Gasteiger partial charge on any atom is 0.270 e. The van der Waals surface area contributed by atoms with Crippen LogP contribution >= 0.6 is 0 Å². The number of para-hydroxylation sites is 1. The van der Waals surface area contributed by atoms with Crippen molar-refractivity contribution in [1.82, 2.24) is 25.0 Å². The van der Waals surface area contributed by atoms with E-state index in [2.05, 4.69) is 20.3 Å².